The average molecular weight is 221 g/mol. The molecule has 4 N–H and O–H groups in total. The first-order valence-corrected chi connectivity index (χ1v) is 4.97. The van der Waals surface area contributed by atoms with E-state index in [0.29, 0.717) is 12.2 Å². The first kappa shape index (κ1) is 12.0. The minimum absolute atomic E-state index is 0.0247. The molecule has 1 amide bonds. The van der Waals surface area contributed by atoms with Crippen molar-refractivity contribution in [1.82, 2.24) is 0 Å². The molecule has 5 heteroatoms. The van der Waals surface area contributed by atoms with Gasteiger partial charge in [-0.1, -0.05) is 6.92 Å². The van der Waals surface area contributed by atoms with Crippen LogP contribution in [0.4, 0.5) is 5.69 Å². The van der Waals surface area contributed by atoms with Crippen molar-refractivity contribution in [2.24, 2.45) is 5.73 Å². The van der Waals surface area contributed by atoms with E-state index in [4.69, 9.17) is 15.9 Å². The van der Waals surface area contributed by atoms with Crippen LogP contribution >= 0.6 is 0 Å². The van der Waals surface area contributed by atoms with Crippen molar-refractivity contribution >= 4 is 17.4 Å². The second kappa shape index (κ2) is 5.75. The molecule has 1 aromatic rings. The normalized spacial score (nSPS) is 9.56. The highest BCUT2D eigenvalue weighted by molar-refractivity contribution is 5.90. The number of nitrogens with one attached hydrogen (secondary N) is 2. The van der Waals surface area contributed by atoms with Gasteiger partial charge in [0.15, 0.2) is 0 Å². The van der Waals surface area contributed by atoms with E-state index in [2.05, 4.69) is 5.32 Å². The summed E-state index contributed by atoms with van der Waals surface area (Å²) >= 11 is 0. The molecule has 0 atom stereocenters. The molecule has 0 aliphatic heterocycles. The van der Waals surface area contributed by atoms with E-state index in [1.807, 2.05) is 0 Å². The number of hydrogen-bond donors (Lipinski definition) is 3. The molecule has 0 saturated carbocycles. The highest BCUT2D eigenvalue weighted by atomic mass is 16.5. The van der Waals surface area contributed by atoms with Gasteiger partial charge in [0.1, 0.15) is 18.2 Å². The molecule has 5 nitrogen and oxygen atoms in total. The quantitative estimate of drug-likeness (QED) is 0.518. The molecular formula is C11H15N3O2. The van der Waals surface area contributed by atoms with E-state index >= 15 is 0 Å². The van der Waals surface area contributed by atoms with Gasteiger partial charge in [-0.25, -0.2) is 0 Å². The summed E-state index contributed by atoms with van der Waals surface area (Å²) in [7, 11) is 0. The molecule has 0 fully saturated rings. The highest BCUT2D eigenvalue weighted by Gasteiger charge is 1.99. The largest absolute Gasteiger partial charge is 0.486 e. The predicted octanol–water partition coefficient (Wildman–Crippen LogP) is 1.35. The van der Waals surface area contributed by atoms with Crippen LogP contribution in [0.2, 0.25) is 0 Å². The number of anilines is 1. The van der Waals surface area contributed by atoms with E-state index in [0.717, 1.165) is 5.69 Å². The zero-order chi connectivity index (χ0) is 12.0. The van der Waals surface area contributed by atoms with Crippen LogP contribution in [0.15, 0.2) is 24.3 Å². The summed E-state index contributed by atoms with van der Waals surface area (Å²) in [4.78, 5) is 11.1. The first-order valence-electron chi connectivity index (χ1n) is 4.97. The van der Waals surface area contributed by atoms with Gasteiger partial charge in [0.2, 0.25) is 5.91 Å². The van der Waals surface area contributed by atoms with Crippen molar-refractivity contribution in [2.75, 3.05) is 11.9 Å². The molecule has 16 heavy (non-hydrogen) atoms. The Kier molecular flexibility index (Phi) is 4.32. The van der Waals surface area contributed by atoms with Gasteiger partial charge >= 0.3 is 0 Å². The molecule has 0 spiro atoms. The van der Waals surface area contributed by atoms with Crippen LogP contribution in [0.1, 0.15) is 13.3 Å². The van der Waals surface area contributed by atoms with Crippen molar-refractivity contribution < 1.29 is 9.53 Å². The third-order valence-corrected chi connectivity index (χ3v) is 1.85. The van der Waals surface area contributed by atoms with E-state index in [1.54, 1.807) is 31.2 Å². The molecule has 0 bridgehead atoms. The lowest BCUT2D eigenvalue weighted by molar-refractivity contribution is -0.115. The molecule has 0 aliphatic carbocycles. The summed E-state index contributed by atoms with van der Waals surface area (Å²) < 4.78 is 5.19. The monoisotopic (exact) mass is 221 g/mol. The molecule has 0 unspecified atom stereocenters. The number of carbonyl (C=O) groups is 1. The van der Waals surface area contributed by atoms with Gasteiger partial charge in [-0.3, -0.25) is 10.2 Å². The van der Waals surface area contributed by atoms with Gasteiger partial charge in [0.25, 0.3) is 0 Å². The Bertz CT molecular complexity index is 373. The van der Waals surface area contributed by atoms with Crippen molar-refractivity contribution in [2.45, 2.75) is 13.3 Å². The number of rotatable bonds is 5. The number of carbonyl (C=O) groups excluding carboxylic acids is 1. The molecule has 0 saturated heterocycles. The van der Waals surface area contributed by atoms with E-state index in [1.165, 1.54) is 0 Å². The maximum Gasteiger partial charge on any atom is 0.224 e. The van der Waals surface area contributed by atoms with Crippen LogP contribution in [0.25, 0.3) is 0 Å². The number of nitrogens with two attached hydrogens (primary N) is 1. The average Bonchev–Trinajstić information content (AvgIpc) is 2.28. The standard InChI is InChI=1S/C11H15N3O2/c1-2-11(15)14-8-3-5-9(6-4-8)16-7-10(12)13/h3-6H,2,7H2,1H3,(H3,12,13)(H,14,15). The number of amides is 1. The van der Waals surface area contributed by atoms with Crippen LogP contribution in [0.3, 0.4) is 0 Å². The Hall–Kier alpha value is -2.04. The maximum absolute atomic E-state index is 11.1. The third-order valence-electron chi connectivity index (χ3n) is 1.85. The van der Waals surface area contributed by atoms with Crippen molar-refractivity contribution in [1.29, 1.82) is 5.41 Å². The summed E-state index contributed by atoms with van der Waals surface area (Å²) in [5.41, 5.74) is 5.88. The second-order valence-electron chi connectivity index (χ2n) is 3.24. The Morgan fingerprint density at radius 1 is 1.44 bits per heavy atom. The topological polar surface area (TPSA) is 88.2 Å². The Labute approximate surface area is 94.1 Å². The lowest BCUT2D eigenvalue weighted by Crippen LogP contribution is -2.19. The molecule has 86 valence electrons. The fraction of sp³-hybridized carbons (Fsp3) is 0.273. The maximum atomic E-state index is 11.1. The fourth-order valence-electron chi connectivity index (χ4n) is 1.04. The van der Waals surface area contributed by atoms with E-state index in [9.17, 15) is 4.79 Å². The van der Waals surface area contributed by atoms with Crippen LogP contribution in [0.5, 0.6) is 5.75 Å². The number of hydrogen-bond acceptors (Lipinski definition) is 3. The molecule has 0 aliphatic rings. The van der Waals surface area contributed by atoms with Crippen LogP contribution in [-0.4, -0.2) is 18.3 Å². The first-order chi connectivity index (χ1) is 7.61. The Morgan fingerprint density at radius 3 is 2.56 bits per heavy atom. The van der Waals surface area contributed by atoms with Gasteiger partial charge in [0.05, 0.1) is 0 Å². The van der Waals surface area contributed by atoms with Gasteiger partial charge in [-0.05, 0) is 24.3 Å². The molecule has 0 aromatic heterocycles. The number of ether oxygens (including phenoxy) is 1. The zero-order valence-electron chi connectivity index (χ0n) is 9.12. The number of amidine groups is 1. The summed E-state index contributed by atoms with van der Waals surface area (Å²) in [6.07, 6.45) is 0.447. The lowest BCUT2D eigenvalue weighted by Gasteiger charge is -2.06. The Balaban J connectivity index is 2.54. The zero-order valence-corrected chi connectivity index (χ0v) is 9.12. The van der Waals surface area contributed by atoms with Crippen molar-refractivity contribution in [3.63, 3.8) is 0 Å². The van der Waals surface area contributed by atoms with Crippen LogP contribution in [0, 0.1) is 5.41 Å². The van der Waals surface area contributed by atoms with E-state index < -0.39 is 0 Å². The summed E-state index contributed by atoms with van der Waals surface area (Å²) in [6, 6.07) is 6.91. The van der Waals surface area contributed by atoms with Gasteiger partial charge in [0, 0.05) is 12.1 Å². The van der Waals surface area contributed by atoms with Crippen molar-refractivity contribution in [3.8, 4) is 5.75 Å². The van der Waals surface area contributed by atoms with E-state index in [-0.39, 0.29) is 18.3 Å². The number of benzene rings is 1. The van der Waals surface area contributed by atoms with Gasteiger partial charge < -0.3 is 15.8 Å². The van der Waals surface area contributed by atoms with Gasteiger partial charge in [-0.2, -0.15) is 0 Å². The van der Waals surface area contributed by atoms with Crippen LogP contribution < -0.4 is 15.8 Å². The summed E-state index contributed by atoms with van der Waals surface area (Å²) in [6.45, 7) is 1.86. The minimum atomic E-state index is -0.0302. The van der Waals surface area contributed by atoms with Crippen molar-refractivity contribution in [3.05, 3.63) is 24.3 Å². The molecule has 0 radical (unpaired) electrons. The molecule has 1 aromatic carbocycles. The van der Waals surface area contributed by atoms with Crippen LogP contribution in [-0.2, 0) is 4.79 Å². The second-order valence-corrected chi connectivity index (χ2v) is 3.24. The smallest absolute Gasteiger partial charge is 0.224 e. The summed E-state index contributed by atoms with van der Waals surface area (Å²) in [5.74, 6) is 0.561. The van der Waals surface area contributed by atoms with Gasteiger partial charge in [-0.15, -0.1) is 0 Å². The molecule has 1 rings (SSSR count). The molecular weight excluding hydrogens is 206 g/mol. The fourth-order valence-corrected chi connectivity index (χ4v) is 1.04. The molecule has 0 heterocycles. The highest BCUT2D eigenvalue weighted by Crippen LogP contribution is 2.15. The Morgan fingerprint density at radius 2 is 2.06 bits per heavy atom. The predicted molar refractivity (Wildman–Crippen MR) is 62.8 cm³/mol. The third kappa shape index (κ3) is 4.00. The lowest BCUT2D eigenvalue weighted by atomic mass is 10.3. The minimum Gasteiger partial charge on any atom is -0.486 e. The SMILES string of the molecule is CCC(=O)Nc1ccc(OCC(=N)N)cc1. The summed E-state index contributed by atoms with van der Waals surface area (Å²) in [5, 5.41) is 9.72.